The van der Waals surface area contributed by atoms with Crippen molar-refractivity contribution in [2.24, 2.45) is 5.41 Å². The molecule has 0 radical (unpaired) electrons. The molecule has 0 amide bonds. The molecule has 1 aliphatic carbocycles. The zero-order valence-corrected chi connectivity index (χ0v) is 13.5. The lowest BCUT2D eigenvalue weighted by atomic mass is 9.68. The van der Waals surface area contributed by atoms with E-state index < -0.39 is 0 Å². The van der Waals surface area contributed by atoms with Crippen LogP contribution in [0.25, 0.3) is 0 Å². The predicted molar refractivity (Wildman–Crippen MR) is 86.5 cm³/mol. The molecule has 0 aromatic carbocycles. The second-order valence-corrected chi connectivity index (χ2v) is 7.29. The van der Waals surface area contributed by atoms with Crippen LogP contribution in [-0.4, -0.2) is 24.6 Å². The van der Waals surface area contributed by atoms with E-state index in [-0.39, 0.29) is 0 Å². The number of piperidine rings is 1. The van der Waals surface area contributed by atoms with Crippen molar-refractivity contribution < 1.29 is 0 Å². The monoisotopic (exact) mass is 293 g/mol. The summed E-state index contributed by atoms with van der Waals surface area (Å²) in [5.41, 5.74) is 1.89. The van der Waals surface area contributed by atoms with Gasteiger partial charge in [0.05, 0.1) is 5.69 Å². The van der Waals surface area contributed by atoms with Crippen LogP contribution in [0.5, 0.6) is 0 Å². The maximum atomic E-state index is 4.79. The maximum absolute atomic E-state index is 4.79. The van der Waals surface area contributed by atoms with Crippen molar-refractivity contribution in [3.05, 3.63) is 11.1 Å². The number of nitrogens with one attached hydrogen (secondary N) is 1. The Morgan fingerprint density at radius 3 is 2.65 bits per heavy atom. The molecule has 4 heteroatoms. The molecule has 0 unspecified atom stereocenters. The van der Waals surface area contributed by atoms with E-state index in [1.807, 2.05) is 11.3 Å². The molecule has 1 aliphatic heterocycles. The van der Waals surface area contributed by atoms with Crippen LogP contribution in [0.2, 0.25) is 0 Å². The van der Waals surface area contributed by atoms with E-state index in [0.29, 0.717) is 5.41 Å². The number of hydrogen-bond acceptors (Lipinski definition) is 4. The summed E-state index contributed by atoms with van der Waals surface area (Å²) < 4.78 is 0. The molecule has 0 atom stereocenters. The highest BCUT2D eigenvalue weighted by Crippen LogP contribution is 2.45. The van der Waals surface area contributed by atoms with Gasteiger partial charge in [-0.25, -0.2) is 4.98 Å². The van der Waals surface area contributed by atoms with E-state index >= 15 is 0 Å². The van der Waals surface area contributed by atoms with Gasteiger partial charge in [0.2, 0.25) is 0 Å². The van der Waals surface area contributed by atoms with Gasteiger partial charge in [-0.1, -0.05) is 26.2 Å². The molecule has 1 saturated heterocycles. The first-order valence-electron chi connectivity index (χ1n) is 8.21. The average molecular weight is 293 g/mol. The second-order valence-electron chi connectivity index (χ2n) is 6.45. The Balaban J connectivity index is 1.56. The number of thiazole rings is 1. The first kappa shape index (κ1) is 14.3. The number of hydrogen-bond donors (Lipinski definition) is 1. The van der Waals surface area contributed by atoms with E-state index in [4.69, 9.17) is 4.98 Å². The zero-order chi connectivity index (χ0) is 13.8. The van der Waals surface area contributed by atoms with Crippen molar-refractivity contribution in [2.75, 3.05) is 24.5 Å². The Labute approximate surface area is 126 Å². The van der Waals surface area contributed by atoms with E-state index in [1.165, 1.54) is 68.9 Å². The van der Waals surface area contributed by atoms with Crippen molar-refractivity contribution in [1.82, 2.24) is 10.3 Å². The Kier molecular flexibility index (Phi) is 4.61. The van der Waals surface area contributed by atoms with Crippen LogP contribution in [0.3, 0.4) is 0 Å². The van der Waals surface area contributed by atoms with E-state index in [2.05, 4.69) is 22.5 Å². The van der Waals surface area contributed by atoms with Crippen molar-refractivity contribution in [3.8, 4) is 0 Å². The van der Waals surface area contributed by atoms with Crippen molar-refractivity contribution >= 4 is 16.5 Å². The molecule has 1 N–H and O–H groups in total. The molecular formula is C16H27N3S. The average Bonchev–Trinajstić information content (AvgIpc) is 2.96. The van der Waals surface area contributed by atoms with Crippen molar-refractivity contribution in [2.45, 2.75) is 58.4 Å². The fourth-order valence-corrected chi connectivity index (χ4v) is 4.63. The highest BCUT2D eigenvalue weighted by atomic mass is 32.1. The Bertz CT molecular complexity index is 413. The highest BCUT2D eigenvalue weighted by Gasteiger charge is 2.35. The molecule has 2 aliphatic rings. The largest absolute Gasteiger partial charge is 0.348 e. The number of anilines is 1. The van der Waals surface area contributed by atoms with E-state index in [1.54, 1.807) is 0 Å². The van der Waals surface area contributed by atoms with Gasteiger partial charge in [0, 0.05) is 25.0 Å². The molecule has 1 spiro atoms. The third kappa shape index (κ3) is 3.17. The van der Waals surface area contributed by atoms with Gasteiger partial charge < -0.3 is 10.2 Å². The summed E-state index contributed by atoms with van der Waals surface area (Å²) in [6, 6.07) is 0. The van der Waals surface area contributed by atoms with Crippen LogP contribution in [0.15, 0.2) is 5.38 Å². The lowest BCUT2D eigenvalue weighted by Crippen LogP contribution is -2.41. The lowest BCUT2D eigenvalue weighted by molar-refractivity contribution is 0.144. The van der Waals surface area contributed by atoms with Crippen LogP contribution >= 0.6 is 11.3 Å². The summed E-state index contributed by atoms with van der Waals surface area (Å²) in [6.45, 7) is 6.49. The van der Waals surface area contributed by atoms with Crippen molar-refractivity contribution in [3.63, 3.8) is 0 Å². The van der Waals surface area contributed by atoms with Crippen LogP contribution in [0.1, 0.15) is 57.6 Å². The summed E-state index contributed by atoms with van der Waals surface area (Å²) in [4.78, 5) is 7.30. The summed E-state index contributed by atoms with van der Waals surface area (Å²) in [5, 5.41) is 6.80. The molecule has 1 saturated carbocycles. The fourth-order valence-electron chi connectivity index (χ4n) is 3.75. The molecular weight excluding hydrogens is 266 g/mol. The normalized spacial score (nSPS) is 22.4. The molecule has 3 nitrogen and oxygen atoms in total. The van der Waals surface area contributed by atoms with Gasteiger partial charge in [-0.15, -0.1) is 11.3 Å². The SMILES string of the molecule is CCNCc1csc(N2CCC3(CCCCC3)CC2)n1. The Morgan fingerprint density at radius 1 is 1.20 bits per heavy atom. The van der Waals surface area contributed by atoms with E-state index in [9.17, 15) is 0 Å². The predicted octanol–water partition coefficient (Wildman–Crippen LogP) is 3.80. The molecule has 1 aromatic rings. The first-order valence-corrected chi connectivity index (χ1v) is 9.09. The number of nitrogens with zero attached hydrogens (tertiary/aromatic N) is 2. The van der Waals surface area contributed by atoms with Crippen LogP contribution in [0, 0.1) is 5.41 Å². The van der Waals surface area contributed by atoms with Crippen LogP contribution in [-0.2, 0) is 6.54 Å². The molecule has 112 valence electrons. The topological polar surface area (TPSA) is 28.2 Å². The highest BCUT2D eigenvalue weighted by molar-refractivity contribution is 7.13. The van der Waals surface area contributed by atoms with Gasteiger partial charge >= 0.3 is 0 Å². The minimum atomic E-state index is 0.693. The minimum Gasteiger partial charge on any atom is -0.348 e. The quantitative estimate of drug-likeness (QED) is 0.915. The summed E-state index contributed by atoms with van der Waals surface area (Å²) in [7, 11) is 0. The molecule has 2 heterocycles. The standard InChI is InChI=1S/C16H27N3S/c1-2-17-12-14-13-20-15(18-14)19-10-8-16(9-11-19)6-4-3-5-7-16/h13,17H,2-12H2,1H3. The van der Waals surface area contributed by atoms with Crippen LogP contribution < -0.4 is 10.2 Å². The number of rotatable bonds is 4. The Morgan fingerprint density at radius 2 is 1.95 bits per heavy atom. The van der Waals surface area contributed by atoms with Crippen LogP contribution in [0.4, 0.5) is 5.13 Å². The smallest absolute Gasteiger partial charge is 0.185 e. The molecule has 1 aromatic heterocycles. The Hall–Kier alpha value is -0.610. The molecule has 3 rings (SSSR count). The minimum absolute atomic E-state index is 0.693. The van der Waals surface area contributed by atoms with Gasteiger partial charge in [-0.3, -0.25) is 0 Å². The summed E-state index contributed by atoms with van der Waals surface area (Å²) in [6.07, 6.45) is 10.1. The lowest BCUT2D eigenvalue weighted by Gasteiger charge is -2.44. The van der Waals surface area contributed by atoms with Gasteiger partial charge in [-0.2, -0.15) is 0 Å². The number of aromatic nitrogens is 1. The third-order valence-electron chi connectivity index (χ3n) is 5.10. The maximum Gasteiger partial charge on any atom is 0.185 e. The first-order chi connectivity index (χ1) is 9.81. The third-order valence-corrected chi connectivity index (χ3v) is 6.05. The van der Waals surface area contributed by atoms with Gasteiger partial charge in [-0.05, 0) is 37.6 Å². The summed E-state index contributed by atoms with van der Waals surface area (Å²) >= 11 is 1.82. The van der Waals surface area contributed by atoms with Gasteiger partial charge in [0.25, 0.3) is 0 Å². The van der Waals surface area contributed by atoms with E-state index in [0.717, 1.165) is 13.1 Å². The van der Waals surface area contributed by atoms with Crippen molar-refractivity contribution in [1.29, 1.82) is 0 Å². The summed E-state index contributed by atoms with van der Waals surface area (Å²) in [5.74, 6) is 0. The fraction of sp³-hybridized carbons (Fsp3) is 0.812. The van der Waals surface area contributed by atoms with Gasteiger partial charge in [0.1, 0.15) is 0 Å². The zero-order valence-electron chi connectivity index (χ0n) is 12.7. The van der Waals surface area contributed by atoms with Gasteiger partial charge in [0.15, 0.2) is 5.13 Å². The second kappa shape index (κ2) is 6.44. The molecule has 20 heavy (non-hydrogen) atoms. The molecule has 0 bridgehead atoms. The molecule has 2 fully saturated rings.